The minimum absolute atomic E-state index is 0.0105. The van der Waals surface area contributed by atoms with E-state index in [0.29, 0.717) is 25.2 Å². The number of aliphatic hydroxyl groups is 2. The van der Waals surface area contributed by atoms with E-state index in [-0.39, 0.29) is 18.6 Å². The second kappa shape index (κ2) is 10.2. The summed E-state index contributed by atoms with van der Waals surface area (Å²) in [6, 6.07) is 1.96. The molecule has 1 aliphatic heterocycles. The highest BCUT2D eigenvalue weighted by molar-refractivity contribution is 5.78. The number of aryl methyl sites for hydroxylation is 1. The number of carbonyl (C=O) groups excluding carboxylic acids is 1. The molecule has 9 heteroatoms. The van der Waals surface area contributed by atoms with Gasteiger partial charge in [-0.1, -0.05) is 6.92 Å². The molecule has 9 nitrogen and oxygen atoms in total. The number of hydrogen-bond donors (Lipinski definition) is 3. The Balaban J connectivity index is 1.79. The number of nitrogens with zero attached hydrogens (tertiary/aromatic N) is 5. The van der Waals surface area contributed by atoms with Gasteiger partial charge in [0.2, 0.25) is 11.9 Å². The van der Waals surface area contributed by atoms with Gasteiger partial charge in [0.1, 0.15) is 12.1 Å². The van der Waals surface area contributed by atoms with Crippen LogP contribution in [0.5, 0.6) is 0 Å². The lowest BCUT2D eigenvalue weighted by atomic mass is 9.86. The monoisotopic (exact) mass is 430 g/mol. The van der Waals surface area contributed by atoms with Gasteiger partial charge in [0.05, 0.1) is 11.6 Å². The van der Waals surface area contributed by atoms with E-state index in [4.69, 9.17) is 4.98 Å². The zero-order valence-electron chi connectivity index (χ0n) is 18.7. The normalized spacial score (nSPS) is 19.6. The van der Waals surface area contributed by atoms with Crippen molar-refractivity contribution in [1.29, 1.82) is 0 Å². The van der Waals surface area contributed by atoms with Crippen molar-refractivity contribution in [1.82, 2.24) is 24.8 Å². The second-order valence-corrected chi connectivity index (χ2v) is 8.39. The fourth-order valence-electron chi connectivity index (χ4n) is 4.37. The van der Waals surface area contributed by atoms with E-state index in [2.05, 4.69) is 20.2 Å². The van der Waals surface area contributed by atoms with E-state index < -0.39 is 11.6 Å². The zero-order chi connectivity index (χ0) is 22.4. The average molecular weight is 431 g/mol. The van der Waals surface area contributed by atoms with Crippen molar-refractivity contribution in [3.63, 3.8) is 0 Å². The number of amides is 1. The van der Waals surface area contributed by atoms with Gasteiger partial charge in [-0.3, -0.25) is 9.36 Å². The fraction of sp³-hybridized carbons (Fsp3) is 0.636. The van der Waals surface area contributed by atoms with Gasteiger partial charge in [0.15, 0.2) is 0 Å². The summed E-state index contributed by atoms with van der Waals surface area (Å²) in [5.41, 5.74) is 0.0374. The Labute approximate surface area is 183 Å². The lowest BCUT2D eigenvalue weighted by molar-refractivity contribution is -0.125. The van der Waals surface area contributed by atoms with Crippen molar-refractivity contribution in [2.75, 3.05) is 18.1 Å². The first kappa shape index (κ1) is 23.1. The molecule has 31 heavy (non-hydrogen) atoms. The van der Waals surface area contributed by atoms with E-state index in [0.717, 1.165) is 37.3 Å². The Bertz CT molecular complexity index is 857. The smallest absolute Gasteiger partial charge is 0.237 e. The van der Waals surface area contributed by atoms with Crippen molar-refractivity contribution in [3.8, 4) is 5.95 Å². The Morgan fingerprint density at radius 2 is 2.19 bits per heavy atom. The molecule has 3 unspecified atom stereocenters. The summed E-state index contributed by atoms with van der Waals surface area (Å²) in [6.45, 7) is 6.24. The van der Waals surface area contributed by atoms with Crippen LogP contribution in [0, 0.1) is 6.92 Å². The summed E-state index contributed by atoms with van der Waals surface area (Å²) >= 11 is 0. The maximum absolute atomic E-state index is 13.0. The molecule has 0 aromatic carbocycles. The van der Waals surface area contributed by atoms with E-state index >= 15 is 0 Å². The Morgan fingerprint density at radius 3 is 2.84 bits per heavy atom. The second-order valence-electron chi connectivity index (χ2n) is 8.39. The number of nitrogens with one attached hydrogen (secondary N) is 1. The molecule has 1 amide bonds. The van der Waals surface area contributed by atoms with E-state index in [9.17, 15) is 15.0 Å². The van der Waals surface area contributed by atoms with Crippen LogP contribution in [-0.2, 0) is 4.79 Å². The standard InChI is InChI=1S/C22H34N6O3/c1-4-22(8-12-29,17(3)30)26-20(31)14-18-7-5-6-10-28(18)19-13-16(2)24-21(25-19)27-11-9-23-15-27/h9,11,13,15,17-18,29-30H,4-8,10,12,14H2,1-3H3,(H,26,31). The number of hydrogen-bond acceptors (Lipinski definition) is 7. The predicted molar refractivity (Wildman–Crippen MR) is 118 cm³/mol. The number of piperidine rings is 1. The molecule has 1 saturated heterocycles. The van der Waals surface area contributed by atoms with Crippen LogP contribution < -0.4 is 10.2 Å². The molecule has 3 N–H and O–H groups in total. The largest absolute Gasteiger partial charge is 0.396 e. The van der Waals surface area contributed by atoms with Crippen LogP contribution in [0.25, 0.3) is 5.95 Å². The van der Waals surface area contributed by atoms with E-state index in [1.54, 1.807) is 30.2 Å². The molecule has 3 atom stereocenters. The molecule has 2 aromatic rings. The Hall–Kier alpha value is -2.52. The van der Waals surface area contributed by atoms with Gasteiger partial charge in [-0.05, 0) is 46.0 Å². The summed E-state index contributed by atoms with van der Waals surface area (Å²) in [5, 5.41) is 22.7. The number of rotatable bonds is 9. The van der Waals surface area contributed by atoms with Crippen LogP contribution in [-0.4, -0.2) is 66.5 Å². The van der Waals surface area contributed by atoms with Crippen molar-refractivity contribution in [2.24, 2.45) is 0 Å². The Morgan fingerprint density at radius 1 is 1.39 bits per heavy atom. The quantitative estimate of drug-likeness (QED) is 0.555. The zero-order valence-corrected chi connectivity index (χ0v) is 18.7. The average Bonchev–Trinajstić information content (AvgIpc) is 3.28. The topological polar surface area (TPSA) is 116 Å². The SMILES string of the molecule is CCC(CCO)(NC(=O)CC1CCCCN1c1cc(C)nc(-n2ccnc2)n1)C(C)O. The van der Waals surface area contributed by atoms with Gasteiger partial charge in [0.25, 0.3) is 0 Å². The maximum atomic E-state index is 13.0. The van der Waals surface area contributed by atoms with Crippen LogP contribution in [0.1, 0.15) is 58.1 Å². The van der Waals surface area contributed by atoms with Gasteiger partial charge in [-0.25, -0.2) is 9.97 Å². The first-order chi connectivity index (χ1) is 14.9. The molecule has 3 rings (SSSR count). The van der Waals surface area contributed by atoms with Crippen molar-refractivity contribution in [2.45, 2.75) is 77.0 Å². The molecule has 0 aliphatic carbocycles. The van der Waals surface area contributed by atoms with Crippen molar-refractivity contribution >= 4 is 11.7 Å². The Kier molecular flexibility index (Phi) is 7.61. The van der Waals surface area contributed by atoms with Crippen LogP contribution in [0.3, 0.4) is 0 Å². The predicted octanol–water partition coefficient (Wildman–Crippen LogP) is 1.75. The maximum Gasteiger partial charge on any atom is 0.237 e. The summed E-state index contributed by atoms with van der Waals surface area (Å²) in [6.07, 6.45) is 8.58. The highest BCUT2D eigenvalue weighted by Crippen LogP contribution is 2.27. The third kappa shape index (κ3) is 5.40. The summed E-state index contributed by atoms with van der Waals surface area (Å²) in [5.74, 6) is 1.25. The number of aliphatic hydroxyl groups excluding tert-OH is 2. The molecule has 0 radical (unpaired) electrons. The molecule has 0 spiro atoms. The van der Waals surface area contributed by atoms with Crippen molar-refractivity contribution < 1.29 is 15.0 Å². The van der Waals surface area contributed by atoms with Gasteiger partial charge in [0, 0.05) is 49.8 Å². The van der Waals surface area contributed by atoms with Crippen LogP contribution in [0.2, 0.25) is 0 Å². The van der Waals surface area contributed by atoms with Gasteiger partial charge in [-0.15, -0.1) is 0 Å². The highest BCUT2D eigenvalue weighted by Gasteiger charge is 2.36. The molecular formula is C22H34N6O3. The summed E-state index contributed by atoms with van der Waals surface area (Å²) < 4.78 is 1.77. The van der Waals surface area contributed by atoms with Gasteiger partial charge >= 0.3 is 0 Å². The lowest BCUT2D eigenvalue weighted by Crippen LogP contribution is -2.57. The lowest BCUT2D eigenvalue weighted by Gasteiger charge is -2.39. The molecular weight excluding hydrogens is 396 g/mol. The molecule has 1 fully saturated rings. The van der Waals surface area contributed by atoms with Crippen LogP contribution >= 0.6 is 0 Å². The summed E-state index contributed by atoms with van der Waals surface area (Å²) in [4.78, 5) is 28.5. The minimum atomic E-state index is -0.814. The van der Waals surface area contributed by atoms with Crippen molar-refractivity contribution in [3.05, 3.63) is 30.5 Å². The molecule has 170 valence electrons. The van der Waals surface area contributed by atoms with Gasteiger partial charge < -0.3 is 20.4 Å². The van der Waals surface area contributed by atoms with E-state index in [1.807, 2.05) is 19.9 Å². The highest BCUT2D eigenvalue weighted by atomic mass is 16.3. The fourth-order valence-corrected chi connectivity index (χ4v) is 4.37. The molecule has 0 saturated carbocycles. The minimum Gasteiger partial charge on any atom is -0.396 e. The van der Waals surface area contributed by atoms with Crippen LogP contribution in [0.15, 0.2) is 24.8 Å². The third-order valence-electron chi connectivity index (χ3n) is 6.28. The first-order valence-corrected chi connectivity index (χ1v) is 11.1. The first-order valence-electron chi connectivity index (χ1n) is 11.1. The molecule has 2 aromatic heterocycles. The van der Waals surface area contributed by atoms with E-state index in [1.165, 1.54) is 0 Å². The number of carbonyl (C=O) groups is 1. The van der Waals surface area contributed by atoms with Gasteiger partial charge in [-0.2, -0.15) is 4.98 Å². The number of aromatic nitrogens is 4. The number of imidazole rings is 1. The summed E-state index contributed by atoms with van der Waals surface area (Å²) in [7, 11) is 0. The third-order valence-corrected chi connectivity index (χ3v) is 6.28. The molecule has 3 heterocycles. The molecule has 0 bridgehead atoms. The van der Waals surface area contributed by atoms with Crippen LogP contribution in [0.4, 0.5) is 5.82 Å². The number of anilines is 1. The molecule has 1 aliphatic rings.